The van der Waals surface area contributed by atoms with Crippen LogP contribution in [-0.2, 0) is 10.9 Å². The zero-order chi connectivity index (χ0) is 19.4. The third kappa shape index (κ3) is 3.21. The van der Waals surface area contributed by atoms with Crippen LogP contribution in [0.4, 0.5) is 13.2 Å². The maximum atomic E-state index is 12.9. The zero-order valence-electron chi connectivity index (χ0n) is 14.4. The molecule has 0 radical (unpaired) electrons. The van der Waals surface area contributed by atoms with E-state index in [0.717, 1.165) is 18.5 Å². The van der Waals surface area contributed by atoms with Crippen molar-refractivity contribution in [3.05, 3.63) is 41.9 Å². The van der Waals surface area contributed by atoms with Crippen molar-refractivity contribution in [1.29, 1.82) is 0 Å². The smallest absolute Gasteiger partial charge is 0.416 e. The van der Waals surface area contributed by atoms with Crippen molar-refractivity contribution < 1.29 is 32.2 Å². The van der Waals surface area contributed by atoms with E-state index in [1.165, 1.54) is 17.0 Å². The quantitative estimate of drug-likeness (QED) is 0.865. The number of ether oxygens (including phenoxy) is 1. The standard InChI is InChI=1S/C18H17F3N2O4/c1-16(25)6-17(27-9-16)7-23(8-17)15(24)13-14(26-10-22-13)11-3-2-4-12(5-11)18(19,20)21/h2-5,10,25H,6-9H2,1H3. The molecule has 2 saturated heterocycles. The van der Waals surface area contributed by atoms with Gasteiger partial charge >= 0.3 is 6.18 Å². The Bertz CT molecular complexity index is 885. The molecule has 2 aliphatic heterocycles. The molecule has 0 bridgehead atoms. The molecule has 1 N–H and O–H groups in total. The Morgan fingerprint density at radius 2 is 2.07 bits per heavy atom. The molecule has 0 saturated carbocycles. The number of benzene rings is 1. The first-order valence-electron chi connectivity index (χ1n) is 8.35. The van der Waals surface area contributed by atoms with Crippen LogP contribution in [-0.4, -0.2) is 51.8 Å². The second kappa shape index (κ2) is 5.80. The summed E-state index contributed by atoms with van der Waals surface area (Å²) >= 11 is 0. The van der Waals surface area contributed by atoms with E-state index in [1.54, 1.807) is 6.92 Å². The van der Waals surface area contributed by atoms with Crippen LogP contribution in [0.5, 0.6) is 0 Å². The predicted octanol–water partition coefficient (Wildman–Crippen LogP) is 2.73. The molecule has 1 aromatic carbocycles. The molecule has 144 valence electrons. The van der Waals surface area contributed by atoms with Crippen LogP contribution < -0.4 is 0 Å². The van der Waals surface area contributed by atoms with Crippen LogP contribution in [0, 0.1) is 0 Å². The molecule has 2 aromatic rings. The average molecular weight is 382 g/mol. The Morgan fingerprint density at radius 3 is 2.70 bits per heavy atom. The van der Waals surface area contributed by atoms with Crippen LogP contribution >= 0.6 is 0 Å². The third-order valence-corrected chi connectivity index (χ3v) is 4.86. The van der Waals surface area contributed by atoms with E-state index in [9.17, 15) is 23.1 Å². The van der Waals surface area contributed by atoms with Crippen LogP contribution in [0.1, 0.15) is 29.4 Å². The number of alkyl halides is 3. The first-order chi connectivity index (χ1) is 12.6. The number of nitrogens with zero attached hydrogens (tertiary/aromatic N) is 2. The van der Waals surface area contributed by atoms with Crippen molar-refractivity contribution in [3.63, 3.8) is 0 Å². The van der Waals surface area contributed by atoms with Gasteiger partial charge in [0.25, 0.3) is 5.91 Å². The summed E-state index contributed by atoms with van der Waals surface area (Å²) in [6, 6.07) is 4.56. The number of amides is 1. The van der Waals surface area contributed by atoms with E-state index in [1.807, 2.05) is 0 Å². The molecule has 0 aliphatic carbocycles. The zero-order valence-corrected chi connectivity index (χ0v) is 14.4. The Hall–Kier alpha value is -2.39. The highest BCUT2D eigenvalue weighted by atomic mass is 19.4. The Kier molecular flexibility index (Phi) is 3.87. The van der Waals surface area contributed by atoms with Crippen molar-refractivity contribution in [2.45, 2.75) is 30.7 Å². The van der Waals surface area contributed by atoms with Gasteiger partial charge in [0.2, 0.25) is 0 Å². The van der Waals surface area contributed by atoms with Gasteiger partial charge in [0.15, 0.2) is 17.8 Å². The van der Waals surface area contributed by atoms with E-state index in [0.29, 0.717) is 6.42 Å². The van der Waals surface area contributed by atoms with Gasteiger partial charge in [-0.1, -0.05) is 12.1 Å². The summed E-state index contributed by atoms with van der Waals surface area (Å²) in [5.41, 5.74) is -2.25. The monoisotopic (exact) mass is 382 g/mol. The lowest BCUT2D eigenvalue weighted by Crippen LogP contribution is -2.63. The second-order valence-electron chi connectivity index (χ2n) is 7.42. The molecular formula is C18H17F3N2O4. The highest BCUT2D eigenvalue weighted by molar-refractivity contribution is 5.98. The van der Waals surface area contributed by atoms with Gasteiger partial charge in [0.05, 0.1) is 30.9 Å². The third-order valence-electron chi connectivity index (χ3n) is 4.86. The molecule has 1 spiro atoms. The van der Waals surface area contributed by atoms with Gasteiger partial charge in [-0.2, -0.15) is 13.2 Å². The van der Waals surface area contributed by atoms with E-state index < -0.39 is 28.8 Å². The topological polar surface area (TPSA) is 75.8 Å². The number of hydrogen-bond donors (Lipinski definition) is 1. The van der Waals surface area contributed by atoms with Gasteiger partial charge < -0.3 is 19.2 Å². The van der Waals surface area contributed by atoms with Crippen LogP contribution in [0.15, 0.2) is 35.1 Å². The van der Waals surface area contributed by atoms with Gasteiger partial charge in [-0.3, -0.25) is 4.79 Å². The minimum Gasteiger partial charge on any atom is -0.443 e. The summed E-state index contributed by atoms with van der Waals surface area (Å²) in [6.07, 6.45) is -3.04. The normalized spacial score (nSPS) is 24.3. The Balaban J connectivity index is 1.54. The largest absolute Gasteiger partial charge is 0.443 e. The molecule has 4 rings (SSSR count). The number of rotatable bonds is 2. The van der Waals surface area contributed by atoms with Crippen LogP contribution in [0.25, 0.3) is 11.3 Å². The number of carbonyl (C=O) groups is 1. The van der Waals surface area contributed by atoms with E-state index in [4.69, 9.17) is 9.15 Å². The molecule has 9 heteroatoms. The number of likely N-dealkylation sites (tertiary alicyclic amines) is 1. The van der Waals surface area contributed by atoms with Crippen molar-refractivity contribution in [3.8, 4) is 11.3 Å². The fourth-order valence-electron chi connectivity index (χ4n) is 3.69. The molecule has 1 unspecified atom stereocenters. The van der Waals surface area contributed by atoms with E-state index in [-0.39, 0.29) is 36.7 Å². The van der Waals surface area contributed by atoms with Crippen molar-refractivity contribution in [2.75, 3.05) is 19.7 Å². The maximum Gasteiger partial charge on any atom is 0.416 e. The molecule has 1 atom stereocenters. The molecule has 1 amide bonds. The number of aromatic nitrogens is 1. The molecule has 2 fully saturated rings. The lowest BCUT2D eigenvalue weighted by atomic mass is 9.85. The molecule has 2 aliphatic rings. The minimum absolute atomic E-state index is 0.00798. The van der Waals surface area contributed by atoms with Crippen molar-refractivity contribution >= 4 is 5.91 Å². The Morgan fingerprint density at radius 1 is 1.33 bits per heavy atom. The summed E-state index contributed by atoms with van der Waals surface area (Å²) in [4.78, 5) is 18.1. The first-order valence-corrected chi connectivity index (χ1v) is 8.35. The highest BCUT2D eigenvalue weighted by Crippen LogP contribution is 2.41. The first kappa shape index (κ1) is 18.0. The van der Waals surface area contributed by atoms with Gasteiger partial charge in [0.1, 0.15) is 5.60 Å². The van der Waals surface area contributed by atoms with Gasteiger partial charge in [-0.15, -0.1) is 0 Å². The summed E-state index contributed by atoms with van der Waals surface area (Å²) in [5.74, 6) is -0.455. The van der Waals surface area contributed by atoms with Gasteiger partial charge in [0, 0.05) is 12.0 Å². The van der Waals surface area contributed by atoms with Crippen molar-refractivity contribution in [1.82, 2.24) is 9.88 Å². The number of oxazole rings is 1. The molecule has 27 heavy (non-hydrogen) atoms. The number of hydrogen-bond acceptors (Lipinski definition) is 5. The second-order valence-corrected chi connectivity index (χ2v) is 7.42. The molecule has 3 heterocycles. The predicted molar refractivity (Wildman–Crippen MR) is 86.8 cm³/mol. The fourth-order valence-corrected chi connectivity index (χ4v) is 3.69. The highest BCUT2D eigenvalue weighted by Gasteiger charge is 2.55. The van der Waals surface area contributed by atoms with E-state index in [2.05, 4.69) is 4.98 Å². The number of halogens is 3. The van der Waals surface area contributed by atoms with E-state index >= 15 is 0 Å². The molecule has 6 nitrogen and oxygen atoms in total. The molecular weight excluding hydrogens is 365 g/mol. The SMILES string of the molecule is CC1(O)COC2(CN(C(=O)c3ncoc3-c3cccc(C(F)(F)F)c3)C2)C1. The lowest BCUT2D eigenvalue weighted by molar-refractivity contribution is -0.137. The lowest BCUT2D eigenvalue weighted by Gasteiger charge is -2.46. The summed E-state index contributed by atoms with van der Waals surface area (Å²) < 4.78 is 49.7. The number of carbonyl (C=O) groups excluding carboxylic acids is 1. The maximum absolute atomic E-state index is 12.9. The molecule has 1 aromatic heterocycles. The summed E-state index contributed by atoms with van der Waals surface area (Å²) in [6.45, 7) is 2.46. The Labute approximate surface area is 152 Å². The van der Waals surface area contributed by atoms with Gasteiger partial charge in [-0.25, -0.2) is 4.98 Å². The summed E-state index contributed by atoms with van der Waals surface area (Å²) in [7, 11) is 0. The fraction of sp³-hybridized carbons (Fsp3) is 0.444. The van der Waals surface area contributed by atoms with Gasteiger partial charge in [-0.05, 0) is 19.1 Å². The van der Waals surface area contributed by atoms with Crippen molar-refractivity contribution in [2.24, 2.45) is 0 Å². The van der Waals surface area contributed by atoms with Crippen LogP contribution in [0.3, 0.4) is 0 Å². The minimum atomic E-state index is -4.50. The average Bonchev–Trinajstić information content (AvgIpc) is 3.16. The summed E-state index contributed by atoms with van der Waals surface area (Å²) in [5, 5.41) is 10.0. The number of aliphatic hydroxyl groups is 1. The van der Waals surface area contributed by atoms with Crippen LogP contribution in [0.2, 0.25) is 0 Å².